The summed E-state index contributed by atoms with van der Waals surface area (Å²) < 4.78 is 163. The molecule has 0 N–H and O–H groups in total. The van der Waals surface area contributed by atoms with Gasteiger partial charge in [-0.05, 0) is 83.6 Å². The van der Waals surface area contributed by atoms with Crippen molar-refractivity contribution in [1.29, 1.82) is 0 Å². The second-order valence-electron chi connectivity index (χ2n) is 11.2. The van der Waals surface area contributed by atoms with Crippen LogP contribution in [0, 0.1) is 34.9 Å². The van der Waals surface area contributed by atoms with Gasteiger partial charge in [0, 0.05) is 22.8 Å². The van der Waals surface area contributed by atoms with Crippen molar-refractivity contribution in [3.8, 4) is 44.9 Å². The third-order valence-electron chi connectivity index (χ3n) is 7.69. The van der Waals surface area contributed by atoms with Crippen LogP contribution in [-0.4, -0.2) is 6.36 Å². The minimum atomic E-state index is -5.38. The molecule has 0 radical (unpaired) electrons. The van der Waals surface area contributed by atoms with Gasteiger partial charge in [0.1, 0.15) is 29.0 Å². The Morgan fingerprint density at radius 3 is 1.52 bits per heavy atom. The summed E-state index contributed by atoms with van der Waals surface area (Å²) in [5.74, 6) is -10.1. The van der Waals surface area contributed by atoms with Gasteiger partial charge >= 0.3 is 12.5 Å². The van der Waals surface area contributed by atoms with Gasteiger partial charge in [0.05, 0.1) is 5.56 Å². The van der Waals surface area contributed by atoms with E-state index in [0.717, 1.165) is 61.7 Å². The average molecular weight is 711 g/mol. The topological polar surface area (TPSA) is 18.5 Å². The van der Waals surface area contributed by atoms with Crippen LogP contribution in [0.5, 0.6) is 11.5 Å². The van der Waals surface area contributed by atoms with Gasteiger partial charge in [-0.25, -0.2) is 26.3 Å². The van der Waals surface area contributed by atoms with E-state index < -0.39 is 75.6 Å². The second-order valence-corrected chi connectivity index (χ2v) is 11.2. The molecule has 0 aliphatic rings. The number of halogens is 11. The van der Waals surface area contributed by atoms with E-state index in [9.17, 15) is 35.1 Å². The first kappa shape index (κ1) is 36.2. The lowest BCUT2D eigenvalue weighted by Crippen LogP contribution is -2.23. The highest BCUT2D eigenvalue weighted by Crippen LogP contribution is 2.38. The predicted octanol–water partition coefficient (Wildman–Crippen LogP) is 12.3. The minimum Gasteiger partial charge on any atom is -0.429 e. The molecular formula is C37H25F11O2. The van der Waals surface area contributed by atoms with Crippen molar-refractivity contribution in [3.63, 3.8) is 0 Å². The third-order valence-corrected chi connectivity index (χ3v) is 7.69. The quantitative estimate of drug-likeness (QED) is 0.100. The van der Waals surface area contributed by atoms with Crippen molar-refractivity contribution in [2.45, 2.75) is 45.1 Å². The van der Waals surface area contributed by atoms with Gasteiger partial charge in [-0.3, -0.25) is 0 Å². The molecule has 0 amide bonds. The van der Waals surface area contributed by atoms with E-state index in [2.05, 4.69) is 9.47 Å². The first-order chi connectivity index (χ1) is 23.6. The number of alkyl halides is 5. The molecule has 0 aliphatic carbocycles. The molecule has 5 aromatic carbocycles. The number of aryl methyl sites for hydroxylation is 1. The molecule has 0 atom stereocenters. The molecule has 2 nitrogen and oxygen atoms in total. The van der Waals surface area contributed by atoms with Gasteiger partial charge < -0.3 is 9.47 Å². The lowest BCUT2D eigenvalue weighted by molar-refractivity contribution is -0.276. The Labute approximate surface area is 278 Å². The zero-order valence-corrected chi connectivity index (χ0v) is 25.9. The van der Waals surface area contributed by atoms with E-state index in [-0.39, 0.29) is 22.3 Å². The van der Waals surface area contributed by atoms with Crippen LogP contribution in [0.25, 0.3) is 33.4 Å². The largest absolute Gasteiger partial charge is 0.573 e. The molecule has 262 valence electrons. The molecule has 0 bridgehead atoms. The molecule has 0 heterocycles. The van der Waals surface area contributed by atoms with Crippen LogP contribution in [0.2, 0.25) is 0 Å². The summed E-state index contributed by atoms with van der Waals surface area (Å²) in [6, 6.07) is 13.2. The van der Waals surface area contributed by atoms with Gasteiger partial charge in [-0.15, -0.1) is 13.2 Å². The fraction of sp³-hybridized carbons (Fsp3) is 0.189. The zero-order chi connectivity index (χ0) is 36.4. The second kappa shape index (κ2) is 14.4. The Kier molecular flexibility index (Phi) is 10.4. The number of rotatable bonds is 11. The Bertz CT molecular complexity index is 2000. The first-order valence-electron chi connectivity index (χ1n) is 15.1. The van der Waals surface area contributed by atoms with Crippen molar-refractivity contribution < 1.29 is 57.8 Å². The van der Waals surface area contributed by atoms with E-state index in [1.54, 1.807) is 0 Å². The standard InChI is InChI=1S/C37H25F11O2/c1-2-3-4-5-20-6-13-28(32(41)14-20)36(44,45)49-24-9-12-26(31(40)19-24)22-7-10-25(29(38)15-22)21-8-11-27(30(39)16-21)23-17-33(42)35(34(43)18-23)50-37(46,47)48/h6-19H,2-5H2,1H3. The molecule has 5 rings (SSSR count). The molecule has 0 saturated carbocycles. The van der Waals surface area contributed by atoms with Gasteiger partial charge in [-0.2, -0.15) is 8.78 Å². The van der Waals surface area contributed by atoms with Gasteiger partial charge in [0.2, 0.25) is 5.75 Å². The zero-order valence-electron chi connectivity index (χ0n) is 25.9. The Balaban J connectivity index is 1.33. The van der Waals surface area contributed by atoms with Crippen LogP contribution < -0.4 is 9.47 Å². The fourth-order valence-electron chi connectivity index (χ4n) is 5.29. The molecule has 13 heteroatoms. The van der Waals surface area contributed by atoms with E-state index >= 15 is 13.2 Å². The normalized spacial score (nSPS) is 11.9. The monoisotopic (exact) mass is 710 g/mol. The van der Waals surface area contributed by atoms with Crippen LogP contribution in [-0.2, 0) is 12.5 Å². The summed E-state index contributed by atoms with van der Waals surface area (Å²) in [6.45, 7) is 1.99. The van der Waals surface area contributed by atoms with Crippen LogP contribution in [0.1, 0.15) is 37.3 Å². The van der Waals surface area contributed by atoms with Crippen LogP contribution >= 0.6 is 0 Å². The molecule has 0 saturated heterocycles. The van der Waals surface area contributed by atoms with Crippen LogP contribution in [0.15, 0.2) is 84.9 Å². The highest BCUT2D eigenvalue weighted by atomic mass is 19.4. The van der Waals surface area contributed by atoms with E-state index in [1.807, 2.05) is 6.92 Å². The Morgan fingerprint density at radius 1 is 0.500 bits per heavy atom. The summed E-state index contributed by atoms with van der Waals surface area (Å²) in [6.07, 6.45) is -6.40. The van der Waals surface area contributed by atoms with Crippen LogP contribution in [0.4, 0.5) is 48.3 Å². The summed E-state index contributed by atoms with van der Waals surface area (Å²) >= 11 is 0. The van der Waals surface area contributed by atoms with E-state index in [0.29, 0.717) is 30.2 Å². The Hall–Kier alpha value is -5.07. The number of hydrogen-bond donors (Lipinski definition) is 0. The van der Waals surface area contributed by atoms with Crippen molar-refractivity contribution in [3.05, 3.63) is 131 Å². The summed E-state index contributed by atoms with van der Waals surface area (Å²) in [4.78, 5) is 0. The molecule has 0 fully saturated rings. The number of ether oxygens (including phenoxy) is 2. The van der Waals surface area contributed by atoms with Crippen molar-refractivity contribution in [2.24, 2.45) is 0 Å². The lowest BCUT2D eigenvalue weighted by atomic mass is 9.96. The molecule has 0 spiro atoms. The maximum Gasteiger partial charge on any atom is 0.573 e. The van der Waals surface area contributed by atoms with Crippen molar-refractivity contribution in [1.82, 2.24) is 0 Å². The van der Waals surface area contributed by atoms with Crippen LogP contribution in [0.3, 0.4) is 0 Å². The Morgan fingerprint density at radius 2 is 1.02 bits per heavy atom. The third kappa shape index (κ3) is 8.20. The first-order valence-corrected chi connectivity index (χ1v) is 15.1. The highest BCUT2D eigenvalue weighted by Gasteiger charge is 2.38. The summed E-state index contributed by atoms with van der Waals surface area (Å²) in [5.41, 5.74) is -1.84. The van der Waals surface area contributed by atoms with Gasteiger partial charge in [-0.1, -0.05) is 50.1 Å². The molecule has 0 unspecified atom stereocenters. The fourth-order valence-corrected chi connectivity index (χ4v) is 5.29. The molecule has 0 aromatic heterocycles. The van der Waals surface area contributed by atoms with Gasteiger partial charge in [0.25, 0.3) is 0 Å². The maximum absolute atomic E-state index is 15.2. The summed E-state index contributed by atoms with van der Waals surface area (Å²) in [5, 5.41) is 0. The van der Waals surface area contributed by atoms with Crippen molar-refractivity contribution >= 4 is 0 Å². The highest BCUT2D eigenvalue weighted by molar-refractivity contribution is 5.75. The molecule has 50 heavy (non-hydrogen) atoms. The van der Waals surface area contributed by atoms with E-state index in [4.69, 9.17) is 0 Å². The smallest absolute Gasteiger partial charge is 0.429 e. The van der Waals surface area contributed by atoms with Gasteiger partial charge in [0.15, 0.2) is 11.6 Å². The SMILES string of the molecule is CCCCCc1ccc(C(F)(F)Oc2ccc(-c3ccc(-c4ccc(-c5cc(F)c(OC(F)(F)F)c(F)c5)c(F)c4)c(F)c3)c(F)c2)c(F)c1. The number of benzene rings is 5. The molecular weight excluding hydrogens is 685 g/mol. The maximum atomic E-state index is 15.2. The van der Waals surface area contributed by atoms with Crippen molar-refractivity contribution in [2.75, 3.05) is 0 Å². The lowest BCUT2D eigenvalue weighted by Gasteiger charge is -2.20. The molecule has 0 aliphatic heterocycles. The molecule has 5 aromatic rings. The minimum absolute atomic E-state index is 0.0315. The predicted molar refractivity (Wildman–Crippen MR) is 163 cm³/mol. The number of hydrogen-bond acceptors (Lipinski definition) is 2. The average Bonchev–Trinajstić information content (AvgIpc) is 3.02. The summed E-state index contributed by atoms with van der Waals surface area (Å²) in [7, 11) is 0. The van der Waals surface area contributed by atoms with E-state index in [1.165, 1.54) is 24.3 Å². The number of unbranched alkanes of at least 4 members (excludes halogenated alkanes) is 2.